The molecule has 1 amide bonds. The molecule has 2 N–H and O–H groups in total. The molecule has 0 aliphatic rings. The molecule has 2 aromatic rings. The Labute approximate surface area is 163 Å². The molecule has 0 spiro atoms. The Hall–Kier alpha value is -2.11. The Kier molecular flexibility index (Phi) is 7.88. The minimum absolute atomic E-state index is 0.0406. The molecule has 0 atom stereocenters. The minimum Gasteiger partial charge on any atom is -0.493 e. The van der Waals surface area contributed by atoms with Crippen LogP contribution in [0.5, 0.6) is 11.5 Å². The van der Waals surface area contributed by atoms with Crippen LogP contribution < -0.4 is 20.1 Å². The lowest BCUT2D eigenvalue weighted by molar-refractivity contribution is -0.120. The second-order valence-corrected chi connectivity index (χ2v) is 6.38. The molecule has 0 radical (unpaired) electrons. The van der Waals surface area contributed by atoms with Crippen molar-refractivity contribution in [2.45, 2.75) is 12.8 Å². The van der Waals surface area contributed by atoms with Crippen LogP contribution in [0.3, 0.4) is 0 Å². The van der Waals surface area contributed by atoms with Crippen molar-refractivity contribution in [3.05, 3.63) is 52.0 Å². The number of hydrogen-bond acceptors (Lipinski definition) is 4. The molecule has 0 fully saturated rings. The molecular formula is C19H22Cl2N2O3. The number of nitrogens with one attached hydrogen (secondary N) is 2. The van der Waals surface area contributed by atoms with Gasteiger partial charge in [0.2, 0.25) is 5.91 Å². The summed E-state index contributed by atoms with van der Waals surface area (Å²) >= 11 is 12.2. The van der Waals surface area contributed by atoms with Crippen molar-refractivity contribution >= 4 is 34.8 Å². The first-order valence-corrected chi connectivity index (χ1v) is 8.96. The molecule has 0 saturated heterocycles. The summed E-state index contributed by atoms with van der Waals surface area (Å²) in [5.41, 5.74) is 1.71. The Morgan fingerprint density at radius 3 is 2.35 bits per heavy atom. The number of hydrogen-bond donors (Lipinski definition) is 2. The number of halogens is 2. The second kappa shape index (κ2) is 10.1. The number of amides is 1. The molecule has 0 saturated carbocycles. The Bertz CT molecular complexity index is 733. The molecule has 2 rings (SSSR count). The van der Waals surface area contributed by atoms with Crippen LogP contribution >= 0.6 is 23.2 Å². The van der Waals surface area contributed by atoms with Crippen LogP contribution in [0, 0.1) is 0 Å². The zero-order chi connectivity index (χ0) is 18.9. The van der Waals surface area contributed by atoms with E-state index in [1.165, 1.54) is 0 Å². The van der Waals surface area contributed by atoms with Crippen molar-refractivity contribution in [3.8, 4) is 11.5 Å². The summed E-state index contributed by atoms with van der Waals surface area (Å²) in [6.45, 7) is 0.993. The van der Waals surface area contributed by atoms with E-state index < -0.39 is 0 Å². The van der Waals surface area contributed by atoms with Crippen LogP contribution in [0.25, 0.3) is 0 Å². The maximum absolute atomic E-state index is 12.0. The highest BCUT2D eigenvalue weighted by molar-refractivity contribution is 6.39. The maximum Gasteiger partial charge on any atom is 0.221 e. The lowest BCUT2D eigenvalue weighted by Gasteiger charge is -2.11. The summed E-state index contributed by atoms with van der Waals surface area (Å²) in [4.78, 5) is 12.0. The van der Waals surface area contributed by atoms with Gasteiger partial charge in [0.15, 0.2) is 11.5 Å². The number of carbonyl (C=O) groups is 1. The van der Waals surface area contributed by atoms with Crippen molar-refractivity contribution in [1.29, 1.82) is 0 Å². The Balaban J connectivity index is 1.74. The van der Waals surface area contributed by atoms with Gasteiger partial charge in [-0.3, -0.25) is 4.79 Å². The average Bonchev–Trinajstić information content (AvgIpc) is 2.64. The molecule has 0 aromatic heterocycles. The molecule has 0 bridgehead atoms. The van der Waals surface area contributed by atoms with Gasteiger partial charge >= 0.3 is 0 Å². The monoisotopic (exact) mass is 396 g/mol. The molecule has 0 unspecified atom stereocenters. The van der Waals surface area contributed by atoms with Crippen LogP contribution in [0.1, 0.15) is 12.0 Å². The number of para-hydroxylation sites is 1. The summed E-state index contributed by atoms with van der Waals surface area (Å²) in [5, 5.41) is 7.06. The third-order valence-electron chi connectivity index (χ3n) is 3.80. The SMILES string of the molecule is COc1ccc(CCNC(=O)CCNc2c(Cl)cccc2Cl)cc1OC. The summed E-state index contributed by atoms with van der Waals surface area (Å²) < 4.78 is 10.5. The molecule has 0 heterocycles. The van der Waals surface area contributed by atoms with E-state index in [4.69, 9.17) is 32.7 Å². The third kappa shape index (κ3) is 5.71. The molecule has 26 heavy (non-hydrogen) atoms. The van der Waals surface area contributed by atoms with Crippen molar-refractivity contribution < 1.29 is 14.3 Å². The number of ether oxygens (including phenoxy) is 2. The van der Waals surface area contributed by atoms with E-state index in [0.29, 0.717) is 53.2 Å². The van der Waals surface area contributed by atoms with Crippen LogP contribution in [0.4, 0.5) is 5.69 Å². The van der Waals surface area contributed by atoms with Crippen molar-refractivity contribution in [2.24, 2.45) is 0 Å². The van der Waals surface area contributed by atoms with E-state index in [0.717, 1.165) is 5.56 Å². The maximum atomic E-state index is 12.0. The number of benzene rings is 2. The smallest absolute Gasteiger partial charge is 0.221 e. The first kappa shape index (κ1) is 20.2. The topological polar surface area (TPSA) is 59.6 Å². The van der Waals surface area contributed by atoms with Crippen LogP contribution in [0.15, 0.2) is 36.4 Å². The molecule has 140 valence electrons. The van der Waals surface area contributed by atoms with Gasteiger partial charge in [0.05, 0.1) is 30.0 Å². The lowest BCUT2D eigenvalue weighted by Crippen LogP contribution is -2.27. The highest BCUT2D eigenvalue weighted by atomic mass is 35.5. The van der Waals surface area contributed by atoms with Crippen LogP contribution in [0.2, 0.25) is 10.0 Å². The number of rotatable bonds is 9. The molecule has 5 nitrogen and oxygen atoms in total. The number of carbonyl (C=O) groups excluding carboxylic acids is 1. The van der Waals surface area contributed by atoms with Crippen molar-refractivity contribution in [1.82, 2.24) is 5.32 Å². The fraction of sp³-hybridized carbons (Fsp3) is 0.316. The lowest BCUT2D eigenvalue weighted by atomic mass is 10.1. The van der Waals surface area contributed by atoms with Gasteiger partial charge in [-0.25, -0.2) is 0 Å². The van der Waals surface area contributed by atoms with Gasteiger partial charge in [-0.1, -0.05) is 35.3 Å². The molecule has 0 aliphatic carbocycles. The van der Waals surface area contributed by atoms with Gasteiger partial charge in [0.25, 0.3) is 0 Å². The highest BCUT2D eigenvalue weighted by Gasteiger charge is 2.07. The Morgan fingerprint density at radius 1 is 1.00 bits per heavy atom. The first-order chi connectivity index (χ1) is 12.5. The standard InChI is InChI=1S/C19H22Cl2N2O3/c1-25-16-7-6-13(12-17(16)26-2)8-10-22-18(24)9-11-23-19-14(20)4-3-5-15(19)21/h3-7,12,23H,8-11H2,1-2H3,(H,22,24). The zero-order valence-electron chi connectivity index (χ0n) is 14.8. The van der Waals surface area contributed by atoms with E-state index >= 15 is 0 Å². The molecule has 2 aromatic carbocycles. The Morgan fingerprint density at radius 2 is 1.69 bits per heavy atom. The number of anilines is 1. The van der Waals surface area contributed by atoms with Gasteiger partial charge in [0, 0.05) is 19.5 Å². The summed E-state index contributed by atoms with van der Waals surface area (Å²) in [6.07, 6.45) is 1.03. The van der Waals surface area contributed by atoms with E-state index in [1.54, 1.807) is 32.4 Å². The fourth-order valence-electron chi connectivity index (χ4n) is 2.44. The second-order valence-electron chi connectivity index (χ2n) is 5.56. The van der Waals surface area contributed by atoms with Gasteiger partial charge in [-0.05, 0) is 36.2 Å². The molecule has 0 aliphatic heterocycles. The number of methoxy groups -OCH3 is 2. The molecular weight excluding hydrogens is 375 g/mol. The first-order valence-electron chi connectivity index (χ1n) is 8.20. The normalized spacial score (nSPS) is 10.3. The third-order valence-corrected chi connectivity index (χ3v) is 4.43. The van der Waals surface area contributed by atoms with E-state index in [-0.39, 0.29) is 5.91 Å². The predicted molar refractivity (Wildman–Crippen MR) is 106 cm³/mol. The van der Waals surface area contributed by atoms with Gasteiger partial charge in [-0.2, -0.15) is 0 Å². The van der Waals surface area contributed by atoms with E-state index in [2.05, 4.69) is 10.6 Å². The average molecular weight is 397 g/mol. The summed E-state index contributed by atoms with van der Waals surface area (Å²) in [6, 6.07) is 11.0. The highest BCUT2D eigenvalue weighted by Crippen LogP contribution is 2.29. The largest absolute Gasteiger partial charge is 0.493 e. The zero-order valence-corrected chi connectivity index (χ0v) is 16.3. The summed E-state index contributed by atoms with van der Waals surface area (Å²) in [7, 11) is 3.20. The fourth-order valence-corrected chi connectivity index (χ4v) is 2.97. The van der Waals surface area contributed by atoms with E-state index in [1.807, 2.05) is 18.2 Å². The van der Waals surface area contributed by atoms with Gasteiger partial charge in [0.1, 0.15) is 0 Å². The van der Waals surface area contributed by atoms with E-state index in [9.17, 15) is 4.79 Å². The summed E-state index contributed by atoms with van der Waals surface area (Å²) in [5.74, 6) is 1.32. The predicted octanol–water partition coefficient (Wildman–Crippen LogP) is 4.17. The van der Waals surface area contributed by atoms with Gasteiger partial charge < -0.3 is 20.1 Å². The quantitative estimate of drug-likeness (QED) is 0.667. The van der Waals surface area contributed by atoms with Crippen LogP contribution in [-0.2, 0) is 11.2 Å². The van der Waals surface area contributed by atoms with Gasteiger partial charge in [-0.15, -0.1) is 0 Å². The minimum atomic E-state index is -0.0406. The molecule has 7 heteroatoms. The van der Waals surface area contributed by atoms with Crippen molar-refractivity contribution in [2.75, 3.05) is 32.6 Å². The van der Waals surface area contributed by atoms with Crippen LogP contribution in [-0.4, -0.2) is 33.2 Å². The van der Waals surface area contributed by atoms with Crippen molar-refractivity contribution in [3.63, 3.8) is 0 Å².